The third-order valence-electron chi connectivity index (χ3n) is 5.40. The predicted molar refractivity (Wildman–Crippen MR) is 128 cm³/mol. The van der Waals surface area contributed by atoms with Crippen LogP contribution in [0.2, 0.25) is 0 Å². The lowest BCUT2D eigenvalue weighted by molar-refractivity contribution is -0.122. The number of nitrogens with one attached hydrogen (secondary N) is 1. The van der Waals surface area contributed by atoms with Crippen molar-refractivity contribution in [3.05, 3.63) is 86.7 Å². The number of barbiturate groups is 1. The van der Waals surface area contributed by atoms with Gasteiger partial charge in [0.25, 0.3) is 11.8 Å². The Hall–Kier alpha value is -3.45. The smallest absolute Gasteiger partial charge is 0.318 e. The number of aryl methyl sites for hydroxylation is 3. The van der Waals surface area contributed by atoms with Crippen molar-refractivity contribution in [1.29, 1.82) is 0 Å². The number of urea groups is 1. The maximum atomic E-state index is 13.3. The van der Waals surface area contributed by atoms with Crippen molar-refractivity contribution in [3.8, 4) is 5.69 Å². The quantitative estimate of drug-likeness (QED) is 0.407. The maximum absolute atomic E-state index is 13.3. The third kappa shape index (κ3) is 3.91. The van der Waals surface area contributed by atoms with E-state index in [1.54, 1.807) is 18.2 Å². The van der Waals surface area contributed by atoms with Gasteiger partial charge in [-0.25, -0.2) is 9.69 Å². The molecule has 7 heteroatoms. The molecule has 0 unspecified atom stereocenters. The van der Waals surface area contributed by atoms with Gasteiger partial charge in [-0.3, -0.25) is 14.9 Å². The van der Waals surface area contributed by atoms with Crippen molar-refractivity contribution in [3.63, 3.8) is 0 Å². The number of carbonyl (C=O) groups excluding carboxylic acids is 3. The van der Waals surface area contributed by atoms with Crippen LogP contribution in [0.3, 0.4) is 0 Å². The number of halogens is 1. The van der Waals surface area contributed by atoms with E-state index in [1.807, 2.05) is 64.1 Å². The molecule has 0 spiro atoms. The summed E-state index contributed by atoms with van der Waals surface area (Å²) in [4.78, 5) is 39.4. The second kappa shape index (κ2) is 8.24. The Bertz CT molecular complexity index is 1300. The summed E-state index contributed by atoms with van der Waals surface area (Å²) in [7, 11) is 0. The van der Waals surface area contributed by atoms with Crippen LogP contribution < -0.4 is 10.2 Å². The molecule has 1 aliphatic heterocycles. The van der Waals surface area contributed by atoms with Gasteiger partial charge in [0.05, 0.1) is 5.69 Å². The molecule has 2 aromatic carbocycles. The average Bonchev–Trinajstić information content (AvgIpc) is 2.97. The molecular weight excluding hydrogens is 470 g/mol. The lowest BCUT2D eigenvalue weighted by atomic mass is 10.1. The average molecular weight is 492 g/mol. The Morgan fingerprint density at radius 2 is 1.56 bits per heavy atom. The number of imide groups is 2. The molecule has 0 aliphatic carbocycles. The molecule has 1 fully saturated rings. The van der Waals surface area contributed by atoms with Crippen LogP contribution in [0.15, 0.2) is 58.6 Å². The summed E-state index contributed by atoms with van der Waals surface area (Å²) in [6.07, 6.45) is 1.55. The van der Waals surface area contributed by atoms with Crippen LogP contribution in [0.5, 0.6) is 0 Å². The van der Waals surface area contributed by atoms with Gasteiger partial charge in [-0.15, -0.1) is 0 Å². The van der Waals surface area contributed by atoms with Gasteiger partial charge in [0, 0.05) is 21.5 Å². The van der Waals surface area contributed by atoms with Crippen molar-refractivity contribution in [2.75, 3.05) is 4.90 Å². The number of hydrogen-bond donors (Lipinski definition) is 1. The summed E-state index contributed by atoms with van der Waals surface area (Å²) in [6.45, 7) is 7.67. The molecule has 0 bridgehead atoms. The van der Waals surface area contributed by atoms with Crippen LogP contribution in [0.4, 0.5) is 10.5 Å². The van der Waals surface area contributed by atoms with E-state index in [4.69, 9.17) is 0 Å². The second-order valence-corrected chi connectivity index (χ2v) is 8.86. The Morgan fingerprint density at radius 3 is 2.22 bits per heavy atom. The number of rotatable bonds is 3. The molecule has 6 nitrogen and oxygen atoms in total. The van der Waals surface area contributed by atoms with E-state index in [-0.39, 0.29) is 5.57 Å². The largest absolute Gasteiger partial charge is 0.335 e. The van der Waals surface area contributed by atoms with Crippen LogP contribution in [0.25, 0.3) is 11.8 Å². The molecule has 1 saturated heterocycles. The third-order valence-corrected chi connectivity index (χ3v) is 5.90. The zero-order valence-electron chi connectivity index (χ0n) is 18.2. The molecule has 2 heterocycles. The van der Waals surface area contributed by atoms with E-state index >= 15 is 0 Å². The number of hydrogen-bond acceptors (Lipinski definition) is 3. The van der Waals surface area contributed by atoms with Gasteiger partial charge in [0.1, 0.15) is 5.57 Å². The number of nitrogens with zero attached hydrogens (tertiary/aromatic N) is 2. The molecule has 0 atom stereocenters. The zero-order chi connectivity index (χ0) is 23.2. The SMILES string of the molecule is Cc1cc(C)cc(N2C(=O)NC(=O)/C(=C\c3cc(C)n(-c4cccc(Br)c4)c3C)C2=O)c1. The summed E-state index contributed by atoms with van der Waals surface area (Å²) >= 11 is 3.49. The summed E-state index contributed by atoms with van der Waals surface area (Å²) in [5, 5.41) is 2.29. The van der Waals surface area contributed by atoms with Gasteiger partial charge >= 0.3 is 6.03 Å². The summed E-state index contributed by atoms with van der Waals surface area (Å²) < 4.78 is 3.00. The molecule has 0 saturated carbocycles. The first-order valence-corrected chi connectivity index (χ1v) is 10.9. The molecule has 3 aromatic rings. The Labute approximate surface area is 194 Å². The lowest BCUT2D eigenvalue weighted by Gasteiger charge is -2.27. The van der Waals surface area contributed by atoms with E-state index < -0.39 is 17.8 Å². The highest BCUT2D eigenvalue weighted by atomic mass is 79.9. The van der Waals surface area contributed by atoms with Crippen LogP contribution >= 0.6 is 15.9 Å². The number of aromatic nitrogens is 1. The Morgan fingerprint density at radius 1 is 0.875 bits per heavy atom. The maximum Gasteiger partial charge on any atom is 0.335 e. The van der Waals surface area contributed by atoms with Crippen LogP contribution in [0.1, 0.15) is 28.1 Å². The molecule has 4 amide bonds. The fourth-order valence-electron chi connectivity index (χ4n) is 4.07. The van der Waals surface area contributed by atoms with Crippen molar-refractivity contribution < 1.29 is 14.4 Å². The molecule has 4 rings (SSSR count). The molecule has 1 aromatic heterocycles. The van der Waals surface area contributed by atoms with Gasteiger partial charge in [0.15, 0.2) is 0 Å². The van der Waals surface area contributed by atoms with Gasteiger partial charge in [-0.05, 0) is 86.9 Å². The standard InChI is InChI=1S/C25H22BrN3O3/c1-14-8-15(2)10-21(9-14)29-24(31)22(23(30)27-25(29)32)12-18-11-16(3)28(17(18)4)20-7-5-6-19(26)13-20/h5-13H,1-4H3,(H,27,30,32)/b22-12+. The zero-order valence-corrected chi connectivity index (χ0v) is 19.8. The minimum Gasteiger partial charge on any atom is -0.318 e. The highest BCUT2D eigenvalue weighted by molar-refractivity contribution is 9.10. The van der Waals surface area contributed by atoms with E-state index in [9.17, 15) is 14.4 Å². The van der Waals surface area contributed by atoms with Crippen molar-refractivity contribution in [2.45, 2.75) is 27.7 Å². The molecule has 1 N–H and O–H groups in total. The van der Waals surface area contributed by atoms with Gasteiger partial charge in [0.2, 0.25) is 0 Å². The van der Waals surface area contributed by atoms with Crippen LogP contribution in [-0.2, 0) is 9.59 Å². The first-order chi connectivity index (χ1) is 15.2. The lowest BCUT2D eigenvalue weighted by Crippen LogP contribution is -2.54. The predicted octanol–water partition coefficient (Wildman–Crippen LogP) is 5.14. The van der Waals surface area contributed by atoms with Crippen molar-refractivity contribution in [2.24, 2.45) is 0 Å². The first kappa shape index (κ1) is 21.8. The molecule has 0 radical (unpaired) electrons. The summed E-state index contributed by atoms with van der Waals surface area (Å²) in [5.41, 5.74) is 5.71. The van der Waals surface area contributed by atoms with E-state index in [0.717, 1.165) is 43.1 Å². The Balaban J connectivity index is 1.78. The number of carbonyl (C=O) groups is 3. The normalized spacial score (nSPS) is 15.5. The first-order valence-electron chi connectivity index (χ1n) is 10.1. The highest BCUT2D eigenvalue weighted by Crippen LogP contribution is 2.27. The minimum atomic E-state index is -0.748. The van der Waals surface area contributed by atoms with E-state index in [1.165, 1.54) is 0 Å². The number of amides is 4. The monoisotopic (exact) mass is 491 g/mol. The fourth-order valence-corrected chi connectivity index (χ4v) is 4.46. The second-order valence-electron chi connectivity index (χ2n) is 7.95. The molecule has 1 aliphatic rings. The fraction of sp³-hybridized carbons (Fsp3) is 0.160. The number of anilines is 1. The van der Waals surface area contributed by atoms with Crippen LogP contribution in [0, 0.1) is 27.7 Å². The Kier molecular flexibility index (Phi) is 5.60. The van der Waals surface area contributed by atoms with E-state index in [0.29, 0.717) is 5.69 Å². The summed E-state index contributed by atoms with van der Waals surface area (Å²) in [5.74, 6) is -1.34. The van der Waals surface area contributed by atoms with Crippen LogP contribution in [-0.4, -0.2) is 22.4 Å². The molecular formula is C25H22BrN3O3. The topological polar surface area (TPSA) is 71.4 Å². The van der Waals surface area contributed by atoms with Gasteiger partial charge in [-0.2, -0.15) is 0 Å². The van der Waals surface area contributed by atoms with Crippen molar-refractivity contribution >= 4 is 45.5 Å². The van der Waals surface area contributed by atoms with Crippen molar-refractivity contribution in [1.82, 2.24) is 9.88 Å². The molecule has 162 valence electrons. The summed E-state index contributed by atoms with van der Waals surface area (Å²) in [6, 6.07) is 14.5. The molecule has 32 heavy (non-hydrogen) atoms. The van der Waals surface area contributed by atoms with Gasteiger partial charge in [-0.1, -0.05) is 28.1 Å². The van der Waals surface area contributed by atoms with Gasteiger partial charge < -0.3 is 4.57 Å². The number of benzene rings is 2. The van der Waals surface area contributed by atoms with E-state index in [2.05, 4.69) is 25.8 Å². The minimum absolute atomic E-state index is 0.0850. The highest BCUT2D eigenvalue weighted by Gasteiger charge is 2.37.